The highest BCUT2D eigenvalue weighted by Gasteiger charge is 2.21. The van der Waals surface area contributed by atoms with E-state index in [1.807, 2.05) is 0 Å². The zero-order valence-corrected chi connectivity index (χ0v) is 8.08. The summed E-state index contributed by atoms with van der Waals surface area (Å²) in [5, 5.41) is 21.0. The average molecular weight is 244 g/mol. The van der Waals surface area contributed by atoms with Crippen molar-refractivity contribution in [2.24, 2.45) is 5.16 Å². The number of phenols is 1. The predicted octanol–water partition coefficient (Wildman–Crippen LogP) is 1.73. The predicted molar refractivity (Wildman–Crippen MR) is 49.6 cm³/mol. The maximum Gasteiger partial charge on any atom is 0.134 e. The second kappa shape index (κ2) is 2.92. The summed E-state index contributed by atoms with van der Waals surface area (Å²) in [6.45, 7) is 0.238. The Morgan fingerprint density at radius 1 is 1.46 bits per heavy atom. The Morgan fingerprint density at radius 2 is 2.23 bits per heavy atom. The van der Waals surface area contributed by atoms with E-state index >= 15 is 0 Å². The van der Waals surface area contributed by atoms with Gasteiger partial charge in [0.25, 0.3) is 0 Å². The van der Waals surface area contributed by atoms with Gasteiger partial charge >= 0.3 is 0 Å². The van der Waals surface area contributed by atoms with Crippen LogP contribution in [-0.4, -0.2) is 22.6 Å². The van der Waals surface area contributed by atoms with Gasteiger partial charge in [0, 0.05) is 11.6 Å². The van der Waals surface area contributed by atoms with Crippen molar-refractivity contribution in [3.8, 4) is 11.5 Å². The maximum absolute atomic E-state index is 9.31. The summed E-state index contributed by atoms with van der Waals surface area (Å²) in [4.78, 5) is 0. The molecule has 2 N–H and O–H groups in total. The number of nitrogens with zero attached hydrogens (tertiary/aromatic N) is 1. The molecule has 0 aliphatic carbocycles. The molecule has 1 aromatic rings. The van der Waals surface area contributed by atoms with Gasteiger partial charge in [0.15, 0.2) is 0 Å². The summed E-state index contributed by atoms with van der Waals surface area (Å²) in [5.74, 6) is 0.645. The molecule has 1 aliphatic rings. The van der Waals surface area contributed by atoms with Crippen LogP contribution in [0, 0.1) is 0 Å². The van der Waals surface area contributed by atoms with E-state index in [-0.39, 0.29) is 12.4 Å². The topological polar surface area (TPSA) is 62.1 Å². The van der Waals surface area contributed by atoms with Gasteiger partial charge in [-0.05, 0) is 22.0 Å². The quantitative estimate of drug-likeness (QED) is 0.539. The summed E-state index contributed by atoms with van der Waals surface area (Å²) in [7, 11) is 0. The molecule has 1 aromatic carbocycles. The number of phenolic OH excluding ortho intramolecular Hbond substituents is 1. The number of ether oxygens (including phenoxy) is 1. The Labute approximate surface area is 82.6 Å². The van der Waals surface area contributed by atoms with Crippen LogP contribution in [0.1, 0.15) is 5.56 Å². The number of benzene rings is 1. The minimum Gasteiger partial charge on any atom is -0.507 e. The zero-order valence-electron chi connectivity index (χ0n) is 6.49. The Bertz CT molecular complexity index is 389. The third-order valence-corrected chi connectivity index (χ3v) is 2.48. The molecule has 4 nitrogen and oxygen atoms in total. The van der Waals surface area contributed by atoms with Gasteiger partial charge in [-0.1, -0.05) is 5.16 Å². The lowest BCUT2D eigenvalue weighted by Crippen LogP contribution is -2.01. The van der Waals surface area contributed by atoms with Crippen molar-refractivity contribution in [3.05, 3.63) is 22.2 Å². The van der Waals surface area contributed by atoms with Crippen molar-refractivity contribution in [3.63, 3.8) is 0 Å². The van der Waals surface area contributed by atoms with Gasteiger partial charge in [-0.25, -0.2) is 0 Å². The van der Waals surface area contributed by atoms with E-state index in [0.717, 1.165) is 0 Å². The van der Waals surface area contributed by atoms with Crippen LogP contribution in [-0.2, 0) is 0 Å². The third-order valence-electron chi connectivity index (χ3n) is 1.85. The van der Waals surface area contributed by atoms with Crippen LogP contribution < -0.4 is 4.74 Å². The molecule has 0 amide bonds. The molecule has 1 heterocycles. The number of oxime groups is 1. The second-order valence-electron chi connectivity index (χ2n) is 2.64. The third kappa shape index (κ3) is 1.25. The van der Waals surface area contributed by atoms with E-state index in [1.165, 1.54) is 6.07 Å². The van der Waals surface area contributed by atoms with Gasteiger partial charge in [-0.15, -0.1) is 0 Å². The minimum absolute atomic E-state index is 0.109. The molecule has 0 saturated carbocycles. The van der Waals surface area contributed by atoms with Crippen LogP contribution in [0.25, 0.3) is 0 Å². The SMILES string of the molecule is O/N=C1\COc2cc(O)c(Br)cc21. The molecule has 0 saturated heterocycles. The first-order valence-corrected chi connectivity index (χ1v) is 4.38. The molecule has 0 fully saturated rings. The number of hydrogen-bond acceptors (Lipinski definition) is 4. The molecular weight excluding hydrogens is 238 g/mol. The number of halogens is 1. The summed E-state index contributed by atoms with van der Waals surface area (Å²) in [5.41, 5.74) is 1.17. The normalized spacial score (nSPS) is 17.2. The summed E-state index contributed by atoms with van der Waals surface area (Å²) in [6, 6.07) is 3.14. The van der Waals surface area contributed by atoms with Crippen LogP contribution in [0.2, 0.25) is 0 Å². The maximum atomic E-state index is 9.31. The fraction of sp³-hybridized carbons (Fsp3) is 0.125. The highest BCUT2D eigenvalue weighted by molar-refractivity contribution is 9.10. The number of hydrogen-bond donors (Lipinski definition) is 2. The van der Waals surface area contributed by atoms with Gasteiger partial charge < -0.3 is 15.1 Å². The van der Waals surface area contributed by atoms with Crippen molar-refractivity contribution >= 4 is 21.6 Å². The fourth-order valence-electron chi connectivity index (χ4n) is 1.19. The first-order chi connectivity index (χ1) is 6.22. The largest absolute Gasteiger partial charge is 0.507 e. The molecule has 5 heteroatoms. The van der Waals surface area contributed by atoms with Crippen molar-refractivity contribution in [1.82, 2.24) is 0 Å². The van der Waals surface area contributed by atoms with E-state index in [4.69, 9.17) is 9.94 Å². The van der Waals surface area contributed by atoms with Crippen molar-refractivity contribution in [2.45, 2.75) is 0 Å². The van der Waals surface area contributed by atoms with Crippen molar-refractivity contribution in [2.75, 3.05) is 6.61 Å². The highest BCUT2D eigenvalue weighted by Crippen LogP contribution is 2.35. The van der Waals surface area contributed by atoms with Gasteiger partial charge in [-0.3, -0.25) is 0 Å². The highest BCUT2D eigenvalue weighted by atomic mass is 79.9. The molecule has 0 unspecified atom stereocenters. The number of fused-ring (bicyclic) bond motifs is 1. The van der Waals surface area contributed by atoms with E-state index in [1.54, 1.807) is 6.07 Å². The van der Waals surface area contributed by atoms with Crippen molar-refractivity contribution in [1.29, 1.82) is 0 Å². The molecule has 1 aliphatic heterocycles. The first-order valence-electron chi connectivity index (χ1n) is 3.59. The lowest BCUT2D eigenvalue weighted by Gasteiger charge is -2.00. The van der Waals surface area contributed by atoms with E-state index in [2.05, 4.69) is 21.1 Å². The van der Waals surface area contributed by atoms with Gasteiger partial charge in [-0.2, -0.15) is 0 Å². The van der Waals surface area contributed by atoms with Gasteiger partial charge in [0.2, 0.25) is 0 Å². The van der Waals surface area contributed by atoms with E-state index < -0.39 is 0 Å². The van der Waals surface area contributed by atoms with Crippen LogP contribution in [0.15, 0.2) is 21.8 Å². The smallest absolute Gasteiger partial charge is 0.134 e. The number of rotatable bonds is 0. The molecule has 0 bridgehead atoms. The van der Waals surface area contributed by atoms with E-state index in [9.17, 15) is 5.11 Å². The zero-order chi connectivity index (χ0) is 9.42. The summed E-state index contributed by atoms with van der Waals surface area (Å²) < 4.78 is 5.72. The Morgan fingerprint density at radius 3 is 2.92 bits per heavy atom. The van der Waals surface area contributed by atoms with Crippen LogP contribution >= 0.6 is 15.9 Å². The molecule has 0 atom stereocenters. The molecule has 0 radical (unpaired) electrons. The lowest BCUT2D eigenvalue weighted by atomic mass is 10.1. The Hall–Kier alpha value is -1.23. The molecule has 68 valence electrons. The minimum atomic E-state index is 0.109. The van der Waals surface area contributed by atoms with Gasteiger partial charge in [0.1, 0.15) is 23.8 Å². The molecular formula is C8H6BrNO3. The summed E-state index contributed by atoms with van der Waals surface area (Å²) >= 11 is 3.16. The second-order valence-corrected chi connectivity index (χ2v) is 3.49. The standard InChI is InChI=1S/C8H6BrNO3/c9-5-1-4-6(10-12)3-13-8(4)2-7(5)11/h1-2,11-12H,3H2/b10-6+. The number of aromatic hydroxyl groups is 1. The van der Waals surface area contributed by atoms with Crippen molar-refractivity contribution < 1.29 is 15.1 Å². The molecule has 0 aromatic heterocycles. The fourth-order valence-corrected chi connectivity index (χ4v) is 1.54. The summed E-state index contributed by atoms with van der Waals surface area (Å²) in [6.07, 6.45) is 0. The molecule has 2 rings (SSSR count). The average Bonchev–Trinajstić information content (AvgIpc) is 2.48. The van der Waals surface area contributed by atoms with E-state index in [0.29, 0.717) is 21.5 Å². The van der Waals surface area contributed by atoms with Crippen LogP contribution in [0.5, 0.6) is 11.5 Å². The Kier molecular flexibility index (Phi) is 1.88. The molecule has 0 spiro atoms. The lowest BCUT2D eigenvalue weighted by molar-refractivity contribution is 0.313. The monoisotopic (exact) mass is 243 g/mol. The van der Waals surface area contributed by atoms with Crippen LogP contribution in [0.3, 0.4) is 0 Å². The van der Waals surface area contributed by atoms with Gasteiger partial charge in [0.05, 0.1) is 4.47 Å². The van der Waals surface area contributed by atoms with Crippen LogP contribution in [0.4, 0.5) is 0 Å². The molecule has 13 heavy (non-hydrogen) atoms. The Balaban J connectivity index is 2.60. The first kappa shape index (κ1) is 8.37.